The maximum Gasteiger partial charge on any atom is 0.294 e. The van der Waals surface area contributed by atoms with Gasteiger partial charge in [0.05, 0.1) is 17.6 Å². The van der Waals surface area contributed by atoms with E-state index in [9.17, 15) is 14.7 Å². The highest BCUT2D eigenvalue weighted by Crippen LogP contribution is 2.18. The summed E-state index contributed by atoms with van der Waals surface area (Å²) in [4.78, 5) is 24.1. The second-order valence-electron chi connectivity index (χ2n) is 5.95. The number of aromatic hydroxyl groups is 1. The van der Waals surface area contributed by atoms with Crippen LogP contribution in [0.4, 0.5) is 0 Å². The van der Waals surface area contributed by atoms with Gasteiger partial charge in [0.1, 0.15) is 5.76 Å². The van der Waals surface area contributed by atoms with Gasteiger partial charge in [0.25, 0.3) is 5.91 Å². The smallest absolute Gasteiger partial charge is 0.294 e. The molecule has 2 heterocycles. The third kappa shape index (κ3) is 4.14. The third-order valence-electron chi connectivity index (χ3n) is 4.03. The molecule has 0 saturated heterocycles. The molecule has 0 aliphatic heterocycles. The number of carbonyl (C=O) groups excluding carboxylic acids is 2. The van der Waals surface area contributed by atoms with Gasteiger partial charge in [-0.3, -0.25) is 20.4 Å². The second-order valence-corrected chi connectivity index (χ2v) is 5.95. The summed E-state index contributed by atoms with van der Waals surface area (Å²) in [5.74, 6) is -0.722. The topological polar surface area (TPSA) is 122 Å². The van der Waals surface area contributed by atoms with Gasteiger partial charge >= 0.3 is 0 Å². The van der Waals surface area contributed by atoms with Crippen molar-refractivity contribution in [2.45, 2.75) is 26.7 Å². The molecule has 2 amide bonds. The van der Waals surface area contributed by atoms with E-state index < -0.39 is 5.91 Å². The van der Waals surface area contributed by atoms with E-state index in [2.05, 4.69) is 21.1 Å². The quantitative estimate of drug-likeness (QED) is 0.587. The molecule has 0 saturated carbocycles. The summed E-state index contributed by atoms with van der Waals surface area (Å²) < 4.78 is 6.42. The predicted octanol–water partition coefficient (Wildman–Crippen LogP) is 1.58. The van der Waals surface area contributed by atoms with E-state index in [0.29, 0.717) is 17.9 Å². The Morgan fingerprint density at radius 3 is 2.59 bits per heavy atom. The molecule has 0 fully saturated rings. The largest absolute Gasteiger partial charge is 0.504 e. The minimum absolute atomic E-state index is 0.146. The fraction of sp³-hybridized carbons (Fsp3) is 0.222. The van der Waals surface area contributed by atoms with Crippen molar-refractivity contribution >= 4 is 11.8 Å². The second kappa shape index (κ2) is 7.73. The Balaban J connectivity index is 1.56. The van der Waals surface area contributed by atoms with E-state index in [4.69, 9.17) is 4.52 Å². The molecule has 3 rings (SSSR count). The summed E-state index contributed by atoms with van der Waals surface area (Å²) in [6.45, 7) is 3.58. The molecule has 3 N–H and O–H groups in total. The van der Waals surface area contributed by atoms with Crippen molar-refractivity contribution in [3.05, 3.63) is 59.2 Å². The molecule has 9 nitrogen and oxygen atoms in total. The fourth-order valence-electron chi connectivity index (χ4n) is 2.59. The maximum absolute atomic E-state index is 12.2. The van der Waals surface area contributed by atoms with Crippen molar-refractivity contribution in [2.24, 2.45) is 0 Å². The van der Waals surface area contributed by atoms with Crippen molar-refractivity contribution in [2.75, 3.05) is 0 Å². The van der Waals surface area contributed by atoms with Gasteiger partial charge in [-0.2, -0.15) is 5.10 Å². The molecule has 140 valence electrons. The van der Waals surface area contributed by atoms with Crippen LogP contribution in [0.5, 0.6) is 5.75 Å². The molecule has 0 aliphatic carbocycles. The van der Waals surface area contributed by atoms with Crippen molar-refractivity contribution < 1.29 is 19.2 Å². The molecule has 3 aromatic rings. The summed E-state index contributed by atoms with van der Waals surface area (Å²) in [6, 6.07) is 9.04. The van der Waals surface area contributed by atoms with Crippen LogP contribution in [0.1, 0.15) is 33.9 Å². The van der Waals surface area contributed by atoms with Gasteiger partial charge in [-0.25, -0.2) is 4.68 Å². The number of amides is 2. The molecule has 27 heavy (non-hydrogen) atoms. The third-order valence-corrected chi connectivity index (χ3v) is 4.03. The predicted molar refractivity (Wildman–Crippen MR) is 95.1 cm³/mol. The molecule has 0 bridgehead atoms. The van der Waals surface area contributed by atoms with Gasteiger partial charge in [-0.15, -0.1) is 0 Å². The van der Waals surface area contributed by atoms with Crippen LogP contribution in [-0.4, -0.2) is 31.9 Å². The molecule has 0 spiro atoms. The minimum atomic E-state index is -0.715. The van der Waals surface area contributed by atoms with E-state index in [-0.39, 0.29) is 23.8 Å². The normalized spacial score (nSPS) is 10.6. The Morgan fingerprint density at radius 1 is 1.19 bits per heavy atom. The average molecular weight is 369 g/mol. The van der Waals surface area contributed by atoms with Crippen LogP contribution in [0.25, 0.3) is 5.69 Å². The van der Waals surface area contributed by atoms with E-state index in [1.54, 1.807) is 26.0 Å². The van der Waals surface area contributed by atoms with Gasteiger partial charge in [0.2, 0.25) is 5.91 Å². The van der Waals surface area contributed by atoms with Crippen LogP contribution in [0.3, 0.4) is 0 Å². The van der Waals surface area contributed by atoms with Crippen LogP contribution >= 0.6 is 0 Å². The van der Waals surface area contributed by atoms with Crippen LogP contribution in [-0.2, 0) is 11.2 Å². The zero-order valence-corrected chi connectivity index (χ0v) is 14.9. The summed E-state index contributed by atoms with van der Waals surface area (Å²) in [6.07, 6.45) is 1.91. The molecular weight excluding hydrogens is 350 g/mol. The summed E-state index contributed by atoms with van der Waals surface area (Å²) in [5.41, 5.74) is 6.67. The highest BCUT2D eigenvalue weighted by molar-refractivity contribution is 5.95. The molecular formula is C18H19N5O4. The van der Waals surface area contributed by atoms with Crippen LogP contribution in [0, 0.1) is 13.8 Å². The Hall–Kier alpha value is -3.62. The summed E-state index contributed by atoms with van der Waals surface area (Å²) in [7, 11) is 0. The standard InChI is InChI=1S/C18H19N5O4/c1-11-14(12(2)27-22-11)8-9-16(25)19-20-18(26)17-15(24)10-23(21-17)13-6-4-3-5-7-13/h3-7,10,24H,8-9H2,1-2H3,(H,19,25)(H,20,26). The summed E-state index contributed by atoms with van der Waals surface area (Å²) >= 11 is 0. The fourth-order valence-corrected chi connectivity index (χ4v) is 2.59. The first-order valence-electron chi connectivity index (χ1n) is 8.30. The van der Waals surface area contributed by atoms with Gasteiger partial charge in [0.15, 0.2) is 11.4 Å². The average Bonchev–Trinajstić information content (AvgIpc) is 3.21. The van der Waals surface area contributed by atoms with Gasteiger partial charge in [-0.05, 0) is 32.4 Å². The minimum Gasteiger partial charge on any atom is -0.504 e. The number of aromatic nitrogens is 3. The Morgan fingerprint density at radius 2 is 1.93 bits per heavy atom. The lowest BCUT2D eigenvalue weighted by Gasteiger charge is -2.06. The number of hydrazine groups is 1. The van der Waals surface area contributed by atoms with Crippen LogP contribution < -0.4 is 10.9 Å². The van der Waals surface area contributed by atoms with Crippen molar-refractivity contribution in [1.82, 2.24) is 25.8 Å². The number of hydrogen-bond acceptors (Lipinski definition) is 6. The SMILES string of the molecule is Cc1noc(C)c1CCC(=O)NNC(=O)c1nn(-c2ccccc2)cc1O. The van der Waals surface area contributed by atoms with Crippen molar-refractivity contribution in [3.63, 3.8) is 0 Å². The highest BCUT2D eigenvalue weighted by atomic mass is 16.5. The molecule has 1 aromatic carbocycles. The lowest BCUT2D eigenvalue weighted by molar-refractivity contribution is -0.121. The monoisotopic (exact) mass is 369 g/mol. The number of nitrogens with zero attached hydrogens (tertiary/aromatic N) is 3. The van der Waals surface area contributed by atoms with Crippen molar-refractivity contribution in [1.29, 1.82) is 0 Å². The van der Waals surface area contributed by atoms with Crippen molar-refractivity contribution in [3.8, 4) is 11.4 Å². The number of hydrogen-bond donors (Lipinski definition) is 3. The lowest BCUT2D eigenvalue weighted by atomic mass is 10.1. The van der Waals surface area contributed by atoms with E-state index in [1.807, 2.05) is 18.2 Å². The first-order chi connectivity index (χ1) is 13.0. The zero-order valence-electron chi connectivity index (χ0n) is 14.9. The van der Waals surface area contributed by atoms with Gasteiger partial charge in [-0.1, -0.05) is 23.4 Å². The first kappa shape index (κ1) is 18.2. The number of nitrogens with one attached hydrogen (secondary N) is 2. The summed E-state index contributed by atoms with van der Waals surface area (Å²) in [5, 5.41) is 17.8. The van der Waals surface area contributed by atoms with Crippen LogP contribution in [0.15, 0.2) is 41.1 Å². The Kier molecular flexibility index (Phi) is 5.20. The lowest BCUT2D eigenvalue weighted by Crippen LogP contribution is -2.42. The Labute approximate surface area is 154 Å². The Bertz CT molecular complexity index is 942. The molecule has 0 unspecified atom stereocenters. The molecule has 2 aromatic heterocycles. The number of benzene rings is 1. The first-order valence-corrected chi connectivity index (χ1v) is 8.30. The number of aryl methyl sites for hydroxylation is 2. The molecule has 0 atom stereocenters. The van der Waals surface area contributed by atoms with Gasteiger partial charge in [0, 0.05) is 12.0 Å². The molecule has 0 aliphatic rings. The number of rotatable bonds is 5. The van der Waals surface area contributed by atoms with Crippen LogP contribution in [0.2, 0.25) is 0 Å². The van der Waals surface area contributed by atoms with E-state index in [1.165, 1.54) is 10.9 Å². The zero-order chi connectivity index (χ0) is 19.4. The van der Waals surface area contributed by atoms with Gasteiger partial charge < -0.3 is 9.63 Å². The van der Waals surface area contributed by atoms with E-state index >= 15 is 0 Å². The highest BCUT2D eigenvalue weighted by Gasteiger charge is 2.18. The number of para-hydroxylation sites is 1. The number of carbonyl (C=O) groups is 2. The van der Waals surface area contributed by atoms with E-state index in [0.717, 1.165) is 11.3 Å². The maximum atomic E-state index is 12.2. The molecule has 9 heteroatoms. The molecule has 0 radical (unpaired) electrons.